The summed E-state index contributed by atoms with van der Waals surface area (Å²) in [5, 5.41) is 7.96. The van der Waals surface area contributed by atoms with Gasteiger partial charge in [0.15, 0.2) is 5.96 Å². The van der Waals surface area contributed by atoms with Gasteiger partial charge >= 0.3 is 0 Å². The lowest BCUT2D eigenvalue weighted by atomic mass is 10.1. The third kappa shape index (κ3) is 4.09. The van der Waals surface area contributed by atoms with Crippen LogP contribution >= 0.6 is 24.0 Å². The number of fused-ring (bicyclic) bond motifs is 1. The highest BCUT2D eigenvalue weighted by Crippen LogP contribution is 2.28. The molecular weight excluding hydrogens is 387 g/mol. The van der Waals surface area contributed by atoms with E-state index in [0.29, 0.717) is 12.6 Å². The number of nitrogens with one attached hydrogen (secondary N) is 2. The molecule has 0 amide bonds. The SMILES string of the molecule is CCNC(=NCc1cccc2cccnc12)NC1CC1C.I. The molecule has 1 aromatic heterocycles. The zero-order chi connectivity index (χ0) is 14.7. The zero-order valence-corrected chi connectivity index (χ0v) is 15.4. The summed E-state index contributed by atoms with van der Waals surface area (Å²) >= 11 is 0. The topological polar surface area (TPSA) is 49.3 Å². The van der Waals surface area contributed by atoms with E-state index < -0.39 is 0 Å². The largest absolute Gasteiger partial charge is 0.357 e. The molecule has 22 heavy (non-hydrogen) atoms. The summed E-state index contributed by atoms with van der Waals surface area (Å²) in [5.74, 6) is 1.66. The first-order valence-electron chi connectivity index (χ1n) is 7.65. The van der Waals surface area contributed by atoms with Crippen LogP contribution < -0.4 is 10.6 Å². The smallest absolute Gasteiger partial charge is 0.191 e. The van der Waals surface area contributed by atoms with Gasteiger partial charge in [-0.05, 0) is 30.9 Å². The fraction of sp³-hybridized carbons (Fsp3) is 0.412. The molecular formula is C17H23IN4. The number of guanidine groups is 1. The molecule has 1 aliphatic rings. The normalized spacial score (nSPS) is 20.4. The average molecular weight is 410 g/mol. The Bertz CT molecular complexity index is 651. The van der Waals surface area contributed by atoms with Gasteiger partial charge in [0, 0.05) is 24.2 Å². The maximum Gasteiger partial charge on any atom is 0.191 e. The number of pyridine rings is 1. The summed E-state index contributed by atoms with van der Waals surface area (Å²) in [6, 6.07) is 10.9. The molecule has 118 valence electrons. The maximum atomic E-state index is 4.70. The minimum absolute atomic E-state index is 0. The average Bonchev–Trinajstić information content (AvgIpc) is 3.20. The molecule has 1 fully saturated rings. The summed E-state index contributed by atoms with van der Waals surface area (Å²) < 4.78 is 0. The van der Waals surface area contributed by atoms with E-state index in [4.69, 9.17) is 4.99 Å². The van der Waals surface area contributed by atoms with E-state index in [9.17, 15) is 0 Å². The van der Waals surface area contributed by atoms with Crippen LogP contribution in [0.15, 0.2) is 41.5 Å². The Morgan fingerprint density at radius 3 is 2.82 bits per heavy atom. The number of aromatic nitrogens is 1. The number of para-hydroxylation sites is 1. The fourth-order valence-electron chi connectivity index (χ4n) is 2.48. The Balaban J connectivity index is 0.00000176. The Kier molecular flexibility index (Phi) is 5.99. The Morgan fingerprint density at radius 1 is 1.32 bits per heavy atom. The van der Waals surface area contributed by atoms with Crippen LogP contribution in [0.1, 0.15) is 25.8 Å². The van der Waals surface area contributed by atoms with Crippen LogP contribution in [0.2, 0.25) is 0 Å². The van der Waals surface area contributed by atoms with Crippen molar-refractivity contribution < 1.29 is 0 Å². The lowest BCUT2D eigenvalue weighted by Gasteiger charge is -2.11. The first-order chi connectivity index (χ1) is 10.3. The molecule has 0 aliphatic heterocycles. The molecule has 0 bridgehead atoms. The third-order valence-electron chi connectivity index (χ3n) is 3.90. The molecule has 1 aliphatic carbocycles. The minimum atomic E-state index is 0. The van der Waals surface area contributed by atoms with Gasteiger partial charge in [-0.25, -0.2) is 4.99 Å². The highest BCUT2D eigenvalue weighted by Gasteiger charge is 2.33. The fourth-order valence-corrected chi connectivity index (χ4v) is 2.48. The van der Waals surface area contributed by atoms with Gasteiger partial charge in [-0.3, -0.25) is 4.98 Å². The van der Waals surface area contributed by atoms with Gasteiger partial charge in [-0.15, -0.1) is 24.0 Å². The van der Waals surface area contributed by atoms with Crippen LogP contribution in [-0.4, -0.2) is 23.5 Å². The van der Waals surface area contributed by atoms with E-state index >= 15 is 0 Å². The Labute approximate surface area is 148 Å². The summed E-state index contributed by atoms with van der Waals surface area (Å²) in [5.41, 5.74) is 2.20. The van der Waals surface area contributed by atoms with Crippen molar-refractivity contribution in [1.29, 1.82) is 0 Å². The molecule has 2 atom stereocenters. The lowest BCUT2D eigenvalue weighted by molar-refractivity contribution is 0.767. The molecule has 2 aromatic rings. The number of benzene rings is 1. The van der Waals surface area contributed by atoms with Crippen LogP contribution in [0.25, 0.3) is 10.9 Å². The number of halogens is 1. The second-order valence-corrected chi connectivity index (χ2v) is 5.65. The molecule has 0 radical (unpaired) electrons. The highest BCUT2D eigenvalue weighted by atomic mass is 127. The van der Waals surface area contributed by atoms with Crippen LogP contribution in [0, 0.1) is 5.92 Å². The summed E-state index contributed by atoms with van der Waals surface area (Å²) in [4.78, 5) is 9.18. The van der Waals surface area contributed by atoms with Crippen molar-refractivity contribution in [3.8, 4) is 0 Å². The van der Waals surface area contributed by atoms with Crippen molar-refractivity contribution in [3.05, 3.63) is 42.1 Å². The second kappa shape index (κ2) is 7.76. The van der Waals surface area contributed by atoms with E-state index in [-0.39, 0.29) is 24.0 Å². The summed E-state index contributed by atoms with van der Waals surface area (Å²) in [7, 11) is 0. The van der Waals surface area contributed by atoms with Crippen molar-refractivity contribution in [3.63, 3.8) is 0 Å². The molecule has 3 rings (SSSR count). The first-order valence-corrected chi connectivity index (χ1v) is 7.65. The molecule has 5 heteroatoms. The minimum Gasteiger partial charge on any atom is -0.357 e. The monoisotopic (exact) mass is 410 g/mol. The van der Waals surface area contributed by atoms with E-state index in [2.05, 4.69) is 53.7 Å². The number of aliphatic imine (C=N–C) groups is 1. The Morgan fingerprint density at radius 2 is 2.09 bits per heavy atom. The Hall–Kier alpha value is -1.37. The quantitative estimate of drug-likeness (QED) is 0.462. The van der Waals surface area contributed by atoms with Gasteiger partial charge in [-0.2, -0.15) is 0 Å². The molecule has 2 unspecified atom stereocenters. The van der Waals surface area contributed by atoms with Gasteiger partial charge in [0.25, 0.3) is 0 Å². The van der Waals surface area contributed by atoms with Crippen molar-refractivity contribution in [2.24, 2.45) is 10.9 Å². The lowest BCUT2D eigenvalue weighted by Crippen LogP contribution is -2.39. The zero-order valence-electron chi connectivity index (χ0n) is 13.0. The highest BCUT2D eigenvalue weighted by molar-refractivity contribution is 14.0. The predicted octanol–water partition coefficient (Wildman–Crippen LogP) is 3.32. The van der Waals surface area contributed by atoms with E-state index in [1.165, 1.54) is 11.8 Å². The first kappa shape index (κ1) is 17.0. The maximum absolute atomic E-state index is 4.70. The van der Waals surface area contributed by atoms with Gasteiger partial charge in [0.2, 0.25) is 0 Å². The van der Waals surface area contributed by atoms with Crippen LogP contribution in [0.5, 0.6) is 0 Å². The van der Waals surface area contributed by atoms with Crippen molar-refractivity contribution in [2.75, 3.05) is 6.54 Å². The third-order valence-corrected chi connectivity index (χ3v) is 3.90. The van der Waals surface area contributed by atoms with Gasteiger partial charge < -0.3 is 10.6 Å². The van der Waals surface area contributed by atoms with Gasteiger partial charge in [-0.1, -0.05) is 31.2 Å². The van der Waals surface area contributed by atoms with Crippen molar-refractivity contribution in [1.82, 2.24) is 15.6 Å². The van der Waals surface area contributed by atoms with E-state index in [0.717, 1.165) is 29.5 Å². The molecule has 2 N–H and O–H groups in total. The number of rotatable bonds is 4. The van der Waals surface area contributed by atoms with Crippen molar-refractivity contribution in [2.45, 2.75) is 32.9 Å². The molecule has 4 nitrogen and oxygen atoms in total. The molecule has 0 spiro atoms. The van der Waals surface area contributed by atoms with Gasteiger partial charge in [0.05, 0.1) is 12.1 Å². The van der Waals surface area contributed by atoms with Gasteiger partial charge in [0.1, 0.15) is 0 Å². The molecule has 0 saturated heterocycles. The number of nitrogens with zero attached hydrogens (tertiary/aromatic N) is 2. The second-order valence-electron chi connectivity index (χ2n) is 5.65. The summed E-state index contributed by atoms with van der Waals surface area (Å²) in [6.45, 7) is 5.87. The van der Waals surface area contributed by atoms with Crippen LogP contribution in [-0.2, 0) is 6.54 Å². The number of hydrogen-bond donors (Lipinski definition) is 2. The van der Waals surface area contributed by atoms with Crippen LogP contribution in [0.3, 0.4) is 0 Å². The van der Waals surface area contributed by atoms with Crippen LogP contribution in [0.4, 0.5) is 0 Å². The predicted molar refractivity (Wildman–Crippen MR) is 103 cm³/mol. The number of hydrogen-bond acceptors (Lipinski definition) is 2. The molecule has 1 aromatic carbocycles. The van der Waals surface area contributed by atoms with E-state index in [1.54, 1.807) is 0 Å². The molecule has 1 saturated carbocycles. The standard InChI is InChI=1S/C17H22N4.HI/c1-3-18-17(21-15-10-12(15)2)20-11-14-7-4-6-13-8-5-9-19-16(13)14;/h4-9,12,15H,3,10-11H2,1-2H3,(H2,18,20,21);1H. The van der Waals surface area contributed by atoms with E-state index in [1.807, 2.05) is 12.3 Å². The summed E-state index contributed by atoms with van der Waals surface area (Å²) in [6.07, 6.45) is 3.07. The van der Waals surface area contributed by atoms with Crippen molar-refractivity contribution >= 4 is 40.8 Å². The molecule has 1 heterocycles.